The number of nitrogens with one attached hydrogen (secondary N) is 2. The van der Waals surface area contributed by atoms with E-state index >= 15 is 0 Å². The van der Waals surface area contributed by atoms with Gasteiger partial charge in [-0.25, -0.2) is 4.98 Å². The van der Waals surface area contributed by atoms with Crippen molar-refractivity contribution in [2.75, 3.05) is 28.6 Å². The average molecular weight is 391 g/mol. The van der Waals surface area contributed by atoms with Crippen molar-refractivity contribution >= 4 is 28.9 Å². The lowest BCUT2D eigenvalue weighted by Gasteiger charge is -2.32. The van der Waals surface area contributed by atoms with Gasteiger partial charge in [0, 0.05) is 36.7 Å². The molecular formula is C22H25N5O2. The first kappa shape index (κ1) is 19.0. The summed E-state index contributed by atoms with van der Waals surface area (Å²) in [7, 11) is 0. The molecule has 29 heavy (non-hydrogen) atoms. The summed E-state index contributed by atoms with van der Waals surface area (Å²) in [6, 6.07) is 13.3. The molecule has 0 bridgehead atoms. The van der Waals surface area contributed by atoms with Gasteiger partial charge in [0.1, 0.15) is 11.6 Å². The summed E-state index contributed by atoms with van der Waals surface area (Å²) in [5, 5.41) is 9.81. The Kier molecular flexibility index (Phi) is 5.46. The minimum atomic E-state index is -0.194. The van der Waals surface area contributed by atoms with Gasteiger partial charge >= 0.3 is 0 Å². The molecule has 1 aliphatic rings. The van der Waals surface area contributed by atoms with Gasteiger partial charge in [0.2, 0.25) is 0 Å². The van der Waals surface area contributed by atoms with Crippen LogP contribution in [0.4, 0.5) is 23.0 Å². The van der Waals surface area contributed by atoms with Gasteiger partial charge in [0.05, 0.1) is 5.56 Å². The first-order chi connectivity index (χ1) is 14.1. The number of carbonyl (C=O) groups excluding carboxylic acids is 1. The molecule has 7 heteroatoms. The van der Waals surface area contributed by atoms with Crippen molar-refractivity contribution in [3.8, 4) is 0 Å². The number of aromatic nitrogens is 2. The van der Waals surface area contributed by atoms with Gasteiger partial charge in [0.25, 0.3) is 5.91 Å². The second kappa shape index (κ2) is 8.34. The van der Waals surface area contributed by atoms with E-state index in [0.717, 1.165) is 24.7 Å². The summed E-state index contributed by atoms with van der Waals surface area (Å²) < 4.78 is 5.01. The summed E-state index contributed by atoms with van der Waals surface area (Å²) in [5.41, 5.74) is 2.46. The minimum Gasteiger partial charge on any atom is -0.372 e. The molecule has 0 aliphatic carbocycles. The second-order valence-corrected chi connectivity index (χ2v) is 7.55. The average Bonchev–Trinajstić information content (AvgIpc) is 3.14. The predicted molar refractivity (Wildman–Crippen MR) is 114 cm³/mol. The number of amides is 1. The van der Waals surface area contributed by atoms with Crippen LogP contribution in [0.1, 0.15) is 35.9 Å². The van der Waals surface area contributed by atoms with Crippen molar-refractivity contribution in [2.24, 2.45) is 5.92 Å². The van der Waals surface area contributed by atoms with Crippen LogP contribution in [-0.4, -0.2) is 29.1 Å². The molecule has 3 aromatic rings. The Morgan fingerprint density at radius 3 is 2.48 bits per heavy atom. The lowest BCUT2D eigenvalue weighted by atomic mass is 9.99. The third kappa shape index (κ3) is 4.74. The summed E-state index contributed by atoms with van der Waals surface area (Å²) in [5.74, 6) is 2.50. The fourth-order valence-corrected chi connectivity index (χ4v) is 3.38. The van der Waals surface area contributed by atoms with Gasteiger partial charge < -0.3 is 20.1 Å². The Bertz CT molecular complexity index is 958. The first-order valence-corrected chi connectivity index (χ1v) is 9.89. The molecule has 1 saturated heterocycles. The zero-order valence-corrected chi connectivity index (χ0v) is 16.7. The van der Waals surface area contributed by atoms with Crippen molar-refractivity contribution in [1.29, 1.82) is 0 Å². The highest BCUT2D eigenvalue weighted by atomic mass is 16.5. The fraction of sp³-hybridized carbons (Fsp3) is 0.318. The Balaban J connectivity index is 1.35. The van der Waals surface area contributed by atoms with Gasteiger partial charge in [-0.1, -0.05) is 12.1 Å². The summed E-state index contributed by atoms with van der Waals surface area (Å²) in [6.45, 7) is 6.31. The first-order valence-electron chi connectivity index (χ1n) is 9.89. The Labute approximate surface area is 170 Å². The van der Waals surface area contributed by atoms with E-state index in [1.807, 2.05) is 19.1 Å². The predicted octanol–water partition coefficient (Wildman–Crippen LogP) is 4.61. The maximum absolute atomic E-state index is 12.5. The van der Waals surface area contributed by atoms with Crippen LogP contribution in [0.25, 0.3) is 0 Å². The molecule has 4 rings (SSSR count). The van der Waals surface area contributed by atoms with Gasteiger partial charge in [0.15, 0.2) is 5.82 Å². The van der Waals surface area contributed by atoms with E-state index in [1.165, 1.54) is 24.7 Å². The third-order valence-corrected chi connectivity index (χ3v) is 5.18. The molecule has 1 aromatic carbocycles. The number of hydrogen-bond acceptors (Lipinski definition) is 6. The van der Waals surface area contributed by atoms with Crippen LogP contribution >= 0.6 is 0 Å². The number of benzene rings is 1. The van der Waals surface area contributed by atoms with E-state index in [-0.39, 0.29) is 5.91 Å². The number of rotatable bonds is 5. The fourth-order valence-electron chi connectivity index (χ4n) is 3.38. The number of hydrogen-bond donors (Lipinski definition) is 2. The van der Waals surface area contributed by atoms with Crippen LogP contribution in [0, 0.1) is 12.8 Å². The van der Waals surface area contributed by atoms with Crippen LogP contribution < -0.4 is 15.5 Å². The number of aryl methyl sites for hydroxylation is 1. The van der Waals surface area contributed by atoms with Gasteiger partial charge in [-0.2, -0.15) is 0 Å². The quantitative estimate of drug-likeness (QED) is 0.661. The third-order valence-electron chi connectivity index (χ3n) is 5.18. The molecule has 0 unspecified atom stereocenters. The highest BCUT2D eigenvalue weighted by Gasteiger charge is 2.16. The molecule has 1 amide bonds. The normalized spacial score (nSPS) is 14.6. The van der Waals surface area contributed by atoms with Crippen molar-refractivity contribution in [2.45, 2.75) is 26.7 Å². The standard InChI is InChI=1S/C22H25N5O2/c1-15-9-11-27(12-10-15)19-6-4-18(5-7-19)24-22(28)17-3-8-20(23-14-17)25-21-13-16(2)29-26-21/h3-8,13-15H,9-12H2,1-2H3,(H,24,28)(H,23,25,26). The lowest BCUT2D eigenvalue weighted by Crippen LogP contribution is -2.32. The van der Waals surface area contributed by atoms with E-state index in [9.17, 15) is 4.79 Å². The van der Waals surface area contributed by atoms with E-state index in [4.69, 9.17) is 4.52 Å². The number of nitrogens with zero attached hydrogens (tertiary/aromatic N) is 3. The Morgan fingerprint density at radius 2 is 1.86 bits per heavy atom. The molecule has 0 radical (unpaired) electrons. The zero-order chi connectivity index (χ0) is 20.2. The van der Waals surface area contributed by atoms with Crippen molar-refractivity contribution < 1.29 is 9.32 Å². The Morgan fingerprint density at radius 1 is 1.10 bits per heavy atom. The topological polar surface area (TPSA) is 83.3 Å². The number of anilines is 4. The molecule has 1 fully saturated rings. The van der Waals surface area contributed by atoms with Crippen molar-refractivity contribution in [3.63, 3.8) is 0 Å². The molecule has 0 atom stereocenters. The van der Waals surface area contributed by atoms with Crippen LogP contribution in [0.3, 0.4) is 0 Å². The van der Waals surface area contributed by atoms with Gasteiger partial charge in [-0.05, 0) is 62.1 Å². The van der Waals surface area contributed by atoms with Crippen molar-refractivity contribution in [1.82, 2.24) is 10.1 Å². The lowest BCUT2D eigenvalue weighted by molar-refractivity contribution is 0.102. The van der Waals surface area contributed by atoms with Gasteiger partial charge in [-0.3, -0.25) is 4.79 Å². The van der Waals surface area contributed by atoms with Crippen molar-refractivity contribution in [3.05, 3.63) is 60.0 Å². The zero-order valence-electron chi connectivity index (χ0n) is 16.7. The minimum absolute atomic E-state index is 0.194. The summed E-state index contributed by atoms with van der Waals surface area (Å²) in [6.07, 6.45) is 3.99. The SMILES string of the molecule is Cc1cc(Nc2ccc(C(=O)Nc3ccc(N4CCC(C)CC4)cc3)cn2)no1. The molecule has 1 aliphatic heterocycles. The maximum Gasteiger partial charge on any atom is 0.257 e. The number of carbonyl (C=O) groups is 1. The molecule has 7 nitrogen and oxygen atoms in total. The smallest absolute Gasteiger partial charge is 0.257 e. The Hall–Kier alpha value is -3.35. The maximum atomic E-state index is 12.5. The van der Waals surface area contributed by atoms with E-state index < -0.39 is 0 Å². The summed E-state index contributed by atoms with van der Waals surface area (Å²) >= 11 is 0. The molecule has 2 aromatic heterocycles. The molecule has 0 saturated carbocycles. The molecule has 150 valence electrons. The monoisotopic (exact) mass is 391 g/mol. The van der Waals surface area contributed by atoms with E-state index in [0.29, 0.717) is 23.0 Å². The molecular weight excluding hydrogens is 366 g/mol. The van der Waals surface area contributed by atoms with Crippen LogP contribution in [-0.2, 0) is 0 Å². The van der Waals surface area contributed by atoms with E-state index in [2.05, 4.69) is 44.7 Å². The van der Waals surface area contributed by atoms with Crippen LogP contribution in [0.2, 0.25) is 0 Å². The number of pyridine rings is 1. The van der Waals surface area contributed by atoms with Crippen LogP contribution in [0.15, 0.2) is 53.2 Å². The van der Waals surface area contributed by atoms with Gasteiger partial charge in [-0.15, -0.1) is 0 Å². The number of piperidine rings is 1. The highest BCUT2D eigenvalue weighted by Crippen LogP contribution is 2.24. The van der Waals surface area contributed by atoms with Crippen LogP contribution in [0.5, 0.6) is 0 Å². The van der Waals surface area contributed by atoms with E-state index in [1.54, 1.807) is 18.2 Å². The summed E-state index contributed by atoms with van der Waals surface area (Å²) in [4.78, 5) is 19.2. The molecule has 3 heterocycles. The highest BCUT2D eigenvalue weighted by molar-refractivity contribution is 6.04. The second-order valence-electron chi connectivity index (χ2n) is 7.55. The molecule has 0 spiro atoms. The largest absolute Gasteiger partial charge is 0.372 e. The molecule has 2 N–H and O–H groups in total.